The molecule has 2 aliphatic carbocycles. The molecule has 4 rings (SSSR count). The molecule has 2 atom stereocenters. The van der Waals surface area contributed by atoms with Crippen molar-refractivity contribution >= 4 is 0 Å². The molecule has 0 saturated carbocycles. The van der Waals surface area contributed by atoms with Gasteiger partial charge < -0.3 is 17.0 Å². The number of hydrogen-bond acceptors (Lipinski definition) is 0. The Morgan fingerprint density at radius 3 is 1.45 bits per heavy atom. The fourth-order valence-corrected chi connectivity index (χ4v) is 4.50. The van der Waals surface area contributed by atoms with E-state index in [1.807, 2.05) is 0 Å². The minimum Gasteiger partial charge on any atom is -1.00 e. The van der Waals surface area contributed by atoms with Crippen LogP contribution in [0.4, 0.5) is 0 Å². The summed E-state index contributed by atoms with van der Waals surface area (Å²) in [6.45, 7) is 4.69. The Bertz CT molecular complexity index is 871. The van der Waals surface area contributed by atoms with Crippen LogP contribution < -0.4 is 17.0 Å². The minimum atomic E-state index is 0. The van der Waals surface area contributed by atoms with Crippen molar-refractivity contribution in [2.24, 2.45) is 0 Å². The third-order valence-corrected chi connectivity index (χ3v) is 6.28. The first-order valence-electron chi connectivity index (χ1n) is 10.9. The van der Waals surface area contributed by atoms with E-state index in [0.29, 0.717) is 11.8 Å². The quantitative estimate of drug-likeness (QED) is 0.345. The molecule has 2 heteroatoms. The number of hydrogen-bond donors (Lipinski definition) is 0. The Morgan fingerprint density at radius 1 is 0.677 bits per heavy atom. The van der Waals surface area contributed by atoms with Gasteiger partial charge in [-0.15, -0.1) is 34.4 Å². The normalized spacial score (nSPS) is 16.7. The summed E-state index contributed by atoms with van der Waals surface area (Å²) < 4.78 is 0. The molecule has 0 amide bonds. The van der Waals surface area contributed by atoms with E-state index in [1.165, 1.54) is 33.4 Å². The van der Waals surface area contributed by atoms with Gasteiger partial charge in [0.05, 0.1) is 0 Å². The van der Waals surface area contributed by atoms with Gasteiger partial charge in [0.25, 0.3) is 0 Å². The van der Waals surface area contributed by atoms with Gasteiger partial charge in [0.1, 0.15) is 0 Å². The Morgan fingerprint density at radius 2 is 1.06 bits per heavy atom. The Hall–Kier alpha value is -1.54. The number of allylic oxidation sites excluding steroid dienone is 8. The molecule has 158 valence electrons. The molecule has 0 N–H and O–H groups in total. The van der Waals surface area contributed by atoms with Crippen molar-refractivity contribution in [1.82, 2.24) is 0 Å². The van der Waals surface area contributed by atoms with Gasteiger partial charge in [-0.3, -0.25) is 0 Å². The van der Waals surface area contributed by atoms with E-state index in [0.717, 1.165) is 25.7 Å². The Labute approximate surface area is 213 Å². The summed E-state index contributed by atoms with van der Waals surface area (Å²) in [5.41, 5.74) is 8.90. The average molecular weight is 507 g/mol. The van der Waals surface area contributed by atoms with Crippen molar-refractivity contribution in [3.63, 3.8) is 0 Å². The third-order valence-electron chi connectivity index (χ3n) is 6.28. The van der Waals surface area contributed by atoms with Crippen molar-refractivity contribution in [1.29, 1.82) is 0 Å². The molecule has 31 heavy (non-hydrogen) atoms. The molecule has 0 nitrogen and oxygen atoms in total. The summed E-state index contributed by atoms with van der Waals surface area (Å²) in [7, 11) is 0. The maximum absolute atomic E-state index is 2.49. The van der Waals surface area contributed by atoms with Crippen LogP contribution in [-0.2, 0) is 21.7 Å². The summed E-state index contributed by atoms with van der Waals surface area (Å²) in [6, 6.07) is 21.8. The van der Waals surface area contributed by atoms with Crippen LogP contribution in [0.15, 0.2) is 107 Å². The zero-order valence-corrected chi connectivity index (χ0v) is 21.7. The Balaban J connectivity index is 0.00000171. The summed E-state index contributed by atoms with van der Waals surface area (Å²) in [5.74, 6) is 1.09. The molecule has 2 unspecified atom stereocenters. The second kappa shape index (κ2) is 12.5. The second-order valence-corrected chi connectivity index (χ2v) is 8.49. The van der Waals surface area contributed by atoms with E-state index in [1.54, 1.807) is 0 Å². The molecule has 0 heterocycles. The van der Waals surface area contributed by atoms with Crippen LogP contribution in [0.25, 0.3) is 0 Å². The van der Waals surface area contributed by atoms with Gasteiger partial charge in [0.2, 0.25) is 0 Å². The summed E-state index contributed by atoms with van der Waals surface area (Å²) >= 11 is 0. The van der Waals surface area contributed by atoms with E-state index in [4.69, 9.17) is 0 Å². The molecule has 0 aromatic heterocycles. The predicted octanol–water partition coefficient (Wildman–Crippen LogP) is 5.09. The fourth-order valence-electron chi connectivity index (χ4n) is 4.50. The van der Waals surface area contributed by atoms with E-state index in [-0.39, 0.29) is 38.7 Å². The first kappa shape index (κ1) is 25.7. The standard InChI is InChI=1S/C29H31.BrH.Ti/c1-22(24-11-5-3-6-12-24)19-26-15-9-17-28(26)21-29-18-10-16-27(29)20-23(2)25-13-7-4-8-14-25;;/h3-16,21-23H,17-20H2,1-2H3;1H;/q-1;;+2/p-1. The zero-order valence-electron chi connectivity index (χ0n) is 18.5. The minimum absolute atomic E-state index is 0. The predicted molar refractivity (Wildman–Crippen MR) is 125 cm³/mol. The maximum atomic E-state index is 2.49. The van der Waals surface area contributed by atoms with Crippen molar-refractivity contribution in [3.05, 3.63) is 125 Å². The summed E-state index contributed by atoms with van der Waals surface area (Å²) in [6.07, 6.45) is 16.2. The van der Waals surface area contributed by atoms with Gasteiger partial charge >= 0.3 is 21.7 Å². The second-order valence-electron chi connectivity index (χ2n) is 8.49. The van der Waals surface area contributed by atoms with Crippen LogP contribution >= 0.6 is 0 Å². The third kappa shape index (κ3) is 6.72. The van der Waals surface area contributed by atoms with Crippen molar-refractivity contribution in [3.8, 4) is 0 Å². The molecule has 0 fully saturated rings. The number of benzene rings is 2. The summed E-state index contributed by atoms with van der Waals surface area (Å²) in [5, 5.41) is 0. The average Bonchev–Trinajstić information content (AvgIpc) is 3.39. The molecule has 2 aromatic rings. The maximum Gasteiger partial charge on any atom is 2.00 e. The van der Waals surface area contributed by atoms with Crippen molar-refractivity contribution < 1.29 is 38.7 Å². The van der Waals surface area contributed by atoms with Gasteiger partial charge in [0, 0.05) is 0 Å². The first-order chi connectivity index (χ1) is 14.2. The van der Waals surface area contributed by atoms with Crippen molar-refractivity contribution in [2.45, 2.75) is 51.4 Å². The SMILES string of the molecule is CC(CC1=C([CH-]C2=C(CC(C)c3ccccc3)C=CC2)CC=C1)c1ccccc1.[Br-].[Ti+2]. The molecular weight excluding hydrogens is 476 g/mol. The van der Waals surface area contributed by atoms with E-state index in [2.05, 4.69) is 105 Å². The van der Waals surface area contributed by atoms with Crippen LogP contribution in [0.5, 0.6) is 0 Å². The molecule has 0 aliphatic heterocycles. The summed E-state index contributed by atoms with van der Waals surface area (Å²) in [4.78, 5) is 0. The smallest absolute Gasteiger partial charge is 1.00 e. The van der Waals surface area contributed by atoms with E-state index < -0.39 is 0 Å². The molecular formula is C29H31BrTi. The molecule has 2 aliphatic rings. The van der Waals surface area contributed by atoms with Gasteiger partial charge in [-0.05, 0) is 35.8 Å². The number of halogens is 1. The number of rotatable bonds is 8. The molecule has 0 radical (unpaired) electrons. The first-order valence-corrected chi connectivity index (χ1v) is 10.9. The van der Waals surface area contributed by atoms with Crippen LogP contribution in [0, 0.1) is 6.42 Å². The van der Waals surface area contributed by atoms with Crippen LogP contribution in [0.3, 0.4) is 0 Å². The van der Waals surface area contributed by atoms with Crippen molar-refractivity contribution in [2.75, 3.05) is 0 Å². The monoisotopic (exact) mass is 506 g/mol. The topological polar surface area (TPSA) is 0 Å². The zero-order chi connectivity index (χ0) is 20.1. The van der Waals surface area contributed by atoms with Crippen LogP contribution in [0.1, 0.15) is 62.5 Å². The Kier molecular flexibility index (Phi) is 10.4. The van der Waals surface area contributed by atoms with Crippen LogP contribution in [0.2, 0.25) is 0 Å². The van der Waals surface area contributed by atoms with Gasteiger partial charge in [-0.2, -0.15) is 6.42 Å². The molecule has 2 aromatic carbocycles. The van der Waals surface area contributed by atoms with Gasteiger partial charge in [-0.25, -0.2) is 0 Å². The van der Waals surface area contributed by atoms with Gasteiger partial charge in [0.15, 0.2) is 0 Å². The van der Waals surface area contributed by atoms with Crippen LogP contribution in [-0.4, -0.2) is 0 Å². The largest absolute Gasteiger partial charge is 2.00 e. The van der Waals surface area contributed by atoms with E-state index >= 15 is 0 Å². The van der Waals surface area contributed by atoms with Gasteiger partial charge in [-0.1, -0.05) is 99.5 Å². The fraction of sp³-hybridized carbons (Fsp3) is 0.276. The molecule has 0 bridgehead atoms. The molecule has 0 saturated heterocycles. The van der Waals surface area contributed by atoms with E-state index in [9.17, 15) is 0 Å². The molecule has 0 spiro atoms.